The van der Waals surface area contributed by atoms with Gasteiger partial charge in [-0.15, -0.1) is 6.42 Å². The van der Waals surface area contributed by atoms with Gasteiger partial charge in [0.2, 0.25) is 5.82 Å². The van der Waals surface area contributed by atoms with Gasteiger partial charge in [0.25, 0.3) is 0 Å². The van der Waals surface area contributed by atoms with Crippen molar-refractivity contribution in [2.45, 2.75) is 0 Å². The van der Waals surface area contributed by atoms with Crippen LogP contribution in [0.15, 0.2) is 6.08 Å². The van der Waals surface area contributed by atoms with Crippen LogP contribution in [0, 0.1) is 99.6 Å². The molecule has 0 bridgehead atoms. The van der Waals surface area contributed by atoms with Crippen LogP contribution in [0.3, 0.4) is 0 Å². The summed E-state index contributed by atoms with van der Waals surface area (Å²) in [6.07, 6.45) is -0.0639. The van der Waals surface area contributed by atoms with Crippen molar-refractivity contribution in [1.29, 1.82) is 0 Å². The molecule has 3 aromatic carbocycles. The third kappa shape index (κ3) is 3.83. The van der Waals surface area contributed by atoms with Crippen LogP contribution < -0.4 is 10.9 Å². The molecule has 0 N–H and O–H groups in total. The molecule has 0 aliphatic carbocycles. The fraction of sp³-hybridized carbons (Fsp3) is 0.0833. The predicted molar refractivity (Wildman–Crippen MR) is 111 cm³/mol. The number of halogens is 15. The molecule has 1 heterocycles. The molecule has 0 atom stereocenters. The fourth-order valence-corrected chi connectivity index (χ4v) is 4.89. The van der Waals surface area contributed by atoms with E-state index < -0.39 is 129 Å². The molecule has 0 spiro atoms. The van der Waals surface area contributed by atoms with Gasteiger partial charge in [0, 0.05) is 5.56 Å². The Kier molecular flexibility index (Phi) is 7.36. The largest absolute Gasteiger partial charge is 0.647 e. The van der Waals surface area contributed by atoms with Gasteiger partial charge in [-0.05, 0) is 22.9 Å². The van der Waals surface area contributed by atoms with Crippen LogP contribution >= 0.6 is 0 Å². The molecule has 1 aliphatic heterocycles. The van der Waals surface area contributed by atoms with Crippen LogP contribution in [-0.4, -0.2) is 19.6 Å². The van der Waals surface area contributed by atoms with E-state index in [1.165, 1.54) is 4.28 Å². The average molecular weight is 606 g/mol. The monoisotopic (exact) mass is 606 g/mol. The highest BCUT2D eigenvalue weighted by molar-refractivity contribution is 7.12. The van der Waals surface area contributed by atoms with E-state index in [1.807, 2.05) is 0 Å². The lowest BCUT2D eigenvalue weighted by atomic mass is 9.26. The second-order valence-electron chi connectivity index (χ2n) is 8.41. The zero-order valence-electron chi connectivity index (χ0n) is 19.2. The molecule has 0 saturated carbocycles. The molecule has 17 heteroatoms. The van der Waals surface area contributed by atoms with Crippen molar-refractivity contribution in [2.75, 3.05) is 13.2 Å². The summed E-state index contributed by atoms with van der Waals surface area (Å²) in [6.45, 7) is -2.58. The summed E-state index contributed by atoms with van der Waals surface area (Å²) < 4.78 is 220. The molecule has 216 valence electrons. The summed E-state index contributed by atoms with van der Waals surface area (Å²) in [6, 6.07) is 0. The molecule has 0 radical (unpaired) electrons. The minimum atomic E-state index is -5.37. The van der Waals surface area contributed by atoms with Crippen LogP contribution in [0.2, 0.25) is 0 Å². The number of benzene rings is 3. The van der Waals surface area contributed by atoms with E-state index in [-0.39, 0.29) is 6.08 Å². The van der Waals surface area contributed by atoms with Crippen molar-refractivity contribution in [1.82, 2.24) is 0 Å². The first-order chi connectivity index (χ1) is 19.1. The first kappa shape index (κ1) is 29.9. The van der Waals surface area contributed by atoms with Crippen molar-refractivity contribution in [3.8, 4) is 12.3 Å². The Balaban J connectivity index is 2.40. The van der Waals surface area contributed by atoms with Gasteiger partial charge in [0.1, 0.15) is 29.9 Å². The first-order valence-electron chi connectivity index (χ1n) is 10.6. The van der Waals surface area contributed by atoms with Gasteiger partial charge in [-0.25, -0.2) is 65.9 Å². The lowest BCUT2D eigenvalue weighted by Crippen LogP contribution is -2.70. The van der Waals surface area contributed by atoms with Gasteiger partial charge in [-0.1, -0.05) is 5.47 Å². The summed E-state index contributed by atoms with van der Waals surface area (Å²) in [5.41, 5.74) is -9.08. The first-order valence-corrected chi connectivity index (χ1v) is 10.6. The summed E-state index contributed by atoms with van der Waals surface area (Å²) in [5.74, 6) is -41.9. The molecule has 4 rings (SSSR count). The maximum Gasteiger partial charge on any atom is 0.390 e. The maximum absolute atomic E-state index is 15.3. The summed E-state index contributed by atoms with van der Waals surface area (Å²) in [4.78, 5) is 0. The Hall–Kier alpha value is -4.07. The average Bonchev–Trinajstić information content (AvgIpc) is 3.29. The van der Waals surface area contributed by atoms with Crippen LogP contribution in [0.1, 0.15) is 5.56 Å². The van der Waals surface area contributed by atoms with Crippen LogP contribution in [0.5, 0.6) is 0 Å². The molecule has 0 aromatic heterocycles. The molecule has 0 saturated heterocycles. The lowest BCUT2D eigenvalue weighted by molar-refractivity contribution is 0.0581. The zero-order valence-corrected chi connectivity index (χ0v) is 19.2. The van der Waals surface area contributed by atoms with Gasteiger partial charge < -0.3 is 4.28 Å². The van der Waals surface area contributed by atoms with E-state index in [4.69, 9.17) is 6.42 Å². The Morgan fingerprint density at radius 2 is 0.805 bits per heavy atom. The fourth-order valence-electron chi connectivity index (χ4n) is 4.89. The third-order valence-corrected chi connectivity index (χ3v) is 6.52. The third-order valence-electron chi connectivity index (χ3n) is 6.52. The highest BCUT2D eigenvalue weighted by Gasteiger charge is 2.59. The molecular weight excluding hydrogens is 600 g/mol. The van der Waals surface area contributed by atoms with Crippen molar-refractivity contribution in [3.63, 3.8) is 0 Å². The lowest BCUT2D eigenvalue weighted by Gasteiger charge is -2.45. The van der Waals surface area contributed by atoms with Gasteiger partial charge in [-0.3, -0.25) is 0 Å². The number of hydrogen-bond acceptors (Lipinski definition) is 0. The molecule has 0 unspecified atom stereocenters. The molecule has 3 aromatic rings. The Morgan fingerprint density at radius 3 is 1.12 bits per heavy atom. The van der Waals surface area contributed by atoms with Gasteiger partial charge in [0.15, 0.2) is 64.8 Å². The Labute approximate surface area is 218 Å². The highest BCUT2D eigenvalue weighted by atomic mass is 19.2. The minimum absolute atomic E-state index is 0.219. The van der Waals surface area contributed by atoms with Crippen molar-refractivity contribution in [3.05, 3.63) is 98.9 Å². The van der Waals surface area contributed by atoms with Gasteiger partial charge in [0.05, 0.1) is 0 Å². The predicted octanol–water partition coefficient (Wildman–Crippen LogP) is 5.65. The molecule has 0 amide bonds. The minimum Gasteiger partial charge on any atom is -0.647 e. The highest BCUT2D eigenvalue weighted by Crippen LogP contribution is 2.43. The summed E-state index contributed by atoms with van der Waals surface area (Å²) in [5, 5.41) is 0. The van der Waals surface area contributed by atoms with Gasteiger partial charge >= 0.3 is 6.35 Å². The molecular formula is C24H6BF15O. The van der Waals surface area contributed by atoms with Crippen molar-refractivity contribution >= 4 is 22.7 Å². The zero-order chi connectivity index (χ0) is 30.9. The van der Waals surface area contributed by atoms with E-state index in [0.717, 1.165) is 0 Å². The van der Waals surface area contributed by atoms with E-state index in [9.17, 15) is 48.3 Å². The van der Waals surface area contributed by atoms with E-state index >= 15 is 17.6 Å². The van der Waals surface area contributed by atoms with Crippen molar-refractivity contribution < 1.29 is 70.1 Å². The molecule has 0 fully saturated rings. The topological polar surface area (TPSA) is 2.70 Å². The quantitative estimate of drug-likeness (QED) is 0.0902. The second kappa shape index (κ2) is 10.1. The second-order valence-corrected chi connectivity index (χ2v) is 8.41. The van der Waals surface area contributed by atoms with Crippen molar-refractivity contribution in [2.24, 2.45) is 0 Å². The maximum atomic E-state index is 15.3. The summed E-state index contributed by atoms with van der Waals surface area (Å²) >= 11 is 0. The molecule has 1 nitrogen and oxygen atoms in total. The van der Waals surface area contributed by atoms with Crippen LogP contribution in [0.4, 0.5) is 65.9 Å². The number of terminal acetylenes is 1. The van der Waals surface area contributed by atoms with E-state index in [1.54, 1.807) is 5.92 Å². The Bertz CT molecular complexity index is 1570. The van der Waals surface area contributed by atoms with Crippen LogP contribution in [0.25, 0.3) is 5.47 Å². The standard InChI is InChI=1S/C24H6BF15O/c1-2-4-41-5-3-6(7-10(26)16(32)22(38)17(33)11(7)27)25(41,8-12(28)18(34)23(39)19(35)13(8)29)9-14(30)20(36)24(40)21(37)15(9)31/h1,3H,4-5H2. The number of rotatable bonds is 4. The van der Waals surface area contributed by atoms with Crippen LogP contribution in [-0.2, 0) is 4.28 Å². The van der Waals surface area contributed by atoms with E-state index in [2.05, 4.69) is 0 Å². The van der Waals surface area contributed by atoms with E-state index in [0.29, 0.717) is 0 Å². The summed E-state index contributed by atoms with van der Waals surface area (Å²) in [7, 11) is 0. The smallest absolute Gasteiger partial charge is 0.390 e. The number of hydrogen-bond donors (Lipinski definition) is 0. The normalized spacial score (nSPS) is 14.9. The molecule has 41 heavy (non-hydrogen) atoms. The van der Waals surface area contributed by atoms with Gasteiger partial charge in [-0.2, -0.15) is 0 Å². The Morgan fingerprint density at radius 1 is 0.512 bits per heavy atom. The SMILES string of the molecule is C#CC[O+]1CC=C(c2c(F)c(F)c(F)c(F)c2F)[B-]1(c1c(F)c(F)c(F)c(F)c1F)c1c(F)c(F)c(F)c(F)c1F. The molecule has 1 aliphatic rings.